The third kappa shape index (κ3) is 4.94. The van der Waals surface area contributed by atoms with Gasteiger partial charge in [0.05, 0.1) is 0 Å². The molecule has 0 fully saturated rings. The number of aryl methyl sites for hydroxylation is 1. The molecule has 0 radical (unpaired) electrons. The van der Waals surface area contributed by atoms with E-state index in [-0.39, 0.29) is 5.91 Å². The van der Waals surface area contributed by atoms with Crippen molar-refractivity contribution in [2.75, 3.05) is 26.0 Å². The smallest absolute Gasteiger partial charge is 0.220 e. The Morgan fingerprint density at radius 2 is 2.33 bits per heavy atom. The van der Waals surface area contributed by atoms with E-state index in [2.05, 4.69) is 28.3 Å². The quantitative estimate of drug-likeness (QED) is 0.459. The number of amides is 1. The molecule has 0 saturated heterocycles. The monoisotopic (exact) mass is 325 g/mol. The average Bonchev–Trinajstić information content (AvgIpc) is 2.85. The van der Waals surface area contributed by atoms with Crippen LogP contribution in [0.2, 0.25) is 0 Å². The van der Waals surface area contributed by atoms with E-state index in [0.717, 1.165) is 27.4 Å². The van der Waals surface area contributed by atoms with E-state index >= 15 is 0 Å². The van der Waals surface area contributed by atoms with E-state index in [1.165, 1.54) is 4.88 Å². The number of fused-ring (bicyclic) bond motifs is 1. The van der Waals surface area contributed by atoms with Crippen molar-refractivity contribution < 1.29 is 9.53 Å². The van der Waals surface area contributed by atoms with E-state index in [0.29, 0.717) is 19.6 Å². The van der Waals surface area contributed by atoms with Crippen molar-refractivity contribution in [2.24, 2.45) is 0 Å². The maximum atomic E-state index is 11.7. The highest BCUT2D eigenvalue weighted by Gasteiger charge is 2.08. The van der Waals surface area contributed by atoms with E-state index in [1.54, 1.807) is 36.5 Å². The summed E-state index contributed by atoms with van der Waals surface area (Å²) in [5.41, 5.74) is 0. The Kier molecular flexibility index (Phi) is 6.41. The van der Waals surface area contributed by atoms with Gasteiger partial charge in [-0.05, 0) is 19.4 Å². The minimum absolute atomic E-state index is 0.0744. The van der Waals surface area contributed by atoms with Gasteiger partial charge in [0, 0.05) is 42.7 Å². The maximum Gasteiger partial charge on any atom is 0.220 e. The number of hydrogen-bond acceptors (Lipinski definition) is 6. The Morgan fingerprint density at radius 1 is 1.48 bits per heavy atom. The molecule has 0 aromatic carbocycles. The van der Waals surface area contributed by atoms with Gasteiger partial charge in [0.1, 0.15) is 16.2 Å². The second-order valence-electron chi connectivity index (χ2n) is 4.55. The van der Waals surface area contributed by atoms with Crippen molar-refractivity contribution in [3.05, 3.63) is 17.3 Å². The molecule has 7 heteroatoms. The van der Waals surface area contributed by atoms with Gasteiger partial charge in [-0.1, -0.05) is 0 Å². The molecular weight excluding hydrogens is 306 g/mol. The van der Waals surface area contributed by atoms with E-state index in [9.17, 15) is 4.79 Å². The number of carbonyl (C=O) groups is 1. The van der Waals surface area contributed by atoms with Gasteiger partial charge in [0.2, 0.25) is 5.91 Å². The van der Waals surface area contributed by atoms with Crippen LogP contribution in [0.5, 0.6) is 0 Å². The molecule has 2 heterocycles. The lowest BCUT2D eigenvalue weighted by Crippen LogP contribution is -2.25. The number of thioether (sulfide) groups is 1. The standard InChI is InChI=1S/C14H19N3O2S2/c1-10-8-11-13(16-9-17-14(11)21-10)20-7-4-12(18)15-5-3-6-19-2/h8-9H,3-7H2,1-2H3,(H,15,18). The first-order valence-corrected chi connectivity index (χ1v) is 8.60. The minimum Gasteiger partial charge on any atom is -0.385 e. The lowest BCUT2D eigenvalue weighted by atomic mass is 10.4. The van der Waals surface area contributed by atoms with Gasteiger partial charge >= 0.3 is 0 Å². The zero-order chi connectivity index (χ0) is 15.1. The van der Waals surface area contributed by atoms with Crippen LogP contribution in [0.3, 0.4) is 0 Å². The number of nitrogens with zero attached hydrogens (tertiary/aromatic N) is 2. The number of carbonyl (C=O) groups excluding carboxylic acids is 1. The highest BCUT2D eigenvalue weighted by atomic mass is 32.2. The third-order valence-electron chi connectivity index (χ3n) is 2.83. The fraction of sp³-hybridized carbons (Fsp3) is 0.500. The van der Waals surface area contributed by atoms with Gasteiger partial charge in [-0.2, -0.15) is 0 Å². The van der Waals surface area contributed by atoms with Crippen molar-refractivity contribution in [3.63, 3.8) is 0 Å². The van der Waals surface area contributed by atoms with Crippen molar-refractivity contribution in [1.82, 2.24) is 15.3 Å². The largest absolute Gasteiger partial charge is 0.385 e. The highest BCUT2D eigenvalue weighted by molar-refractivity contribution is 7.99. The van der Waals surface area contributed by atoms with Crippen molar-refractivity contribution in [2.45, 2.75) is 24.8 Å². The molecule has 1 amide bonds. The number of ether oxygens (including phenoxy) is 1. The van der Waals surface area contributed by atoms with Crippen LogP contribution in [0.1, 0.15) is 17.7 Å². The molecule has 21 heavy (non-hydrogen) atoms. The third-order valence-corrected chi connectivity index (χ3v) is 4.80. The summed E-state index contributed by atoms with van der Waals surface area (Å²) in [5.74, 6) is 0.794. The molecule has 0 aliphatic carbocycles. The fourth-order valence-electron chi connectivity index (χ4n) is 1.84. The predicted octanol–water partition coefficient (Wildman–Crippen LogP) is 2.63. The van der Waals surface area contributed by atoms with Gasteiger partial charge in [-0.15, -0.1) is 23.1 Å². The minimum atomic E-state index is 0.0744. The highest BCUT2D eigenvalue weighted by Crippen LogP contribution is 2.30. The van der Waals surface area contributed by atoms with Crippen LogP contribution in [-0.4, -0.2) is 41.9 Å². The van der Waals surface area contributed by atoms with Gasteiger partial charge in [0.25, 0.3) is 0 Å². The Bertz CT molecular complexity index is 601. The molecule has 0 aliphatic rings. The Morgan fingerprint density at radius 3 is 3.14 bits per heavy atom. The molecule has 0 bridgehead atoms. The second kappa shape index (κ2) is 8.31. The number of methoxy groups -OCH3 is 1. The summed E-state index contributed by atoms with van der Waals surface area (Å²) in [6, 6.07) is 2.10. The molecule has 5 nitrogen and oxygen atoms in total. The maximum absolute atomic E-state index is 11.7. The zero-order valence-corrected chi connectivity index (χ0v) is 13.9. The summed E-state index contributed by atoms with van der Waals surface area (Å²) in [6.45, 7) is 3.40. The summed E-state index contributed by atoms with van der Waals surface area (Å²) in [4.78, 5) is 22.5. The molecule has 0 atom stereocenters. The number of aromatic nitrogens is 2. The summed E-state index contributed by atoms with van der Waals surface area (Å²) < 4.78 is 4.94. The fourth-order valence-corrected chi connectivity index (χ4v) is 3.67. The lowest BCUT2D eigenvalue weighted by Gasteiger charge is -2.05. The van der Waals surface area contributed by atoms with Crippen molar-refractivity contribution >= 4 is 39.2 Å². The van der Waals surface area contributed by atoms with Crippen molar-refractivity contribution in [3.8, 4) is 0 Å². The molecule has 114 valence electrons. The summed E-state index contributed by atoms with van der Waals surface area (Å²) in [6.07, 6.45) is 2.92. The first-order valence-electron chi connectivity index (χ1n) is 6.80. The van der Waals surface area contributed by atoms with Crippen LogP contribution in [0.15, 0.2) is 17.4 Å². The SMILES string of the molecule is COCCCNC(=O)CCSc1ncnc2sc(C)cc12. The van der Waals surface area contributed by atoms with Gasteiger partial charge in [-0.25, -0.2) is 9.97 Å². The van der Waals surface area contributed by atoms with Gasteiger partial charge < -0.3 is 10.1 Å². The molecule has 0 saturated carbocycles. The van der Waals surface area contributed by atoms with Crippen LogP contribution in [-0.2, 0) is 9.53 Å². The predicted molar refractivity (Wildman–Crippen MR) is 87.0 cm³/mol. The molecule has 0 unspecified atom stereocenters. The Labute approximate surface area is 132 Å². The molecule has 0 aliphatic heterocycles. The number of nitrogens with one attached hydrogen (secondary N) is 1. The van der Waals surface area contributed by atoms with Crippen LogP contribution >= 0.6 is 23.1 Å². The topological polar surface area (TPSA) is 64.1 Å². The molecule has 2 aromatic rings. The van der Waals surface area contributed by atoms with Crippen LogP contribution in [0.4, 0.5) is 0 Å². The van der Waals surface area contributed by atoms with E-state index < -0.39 is 0 Å². The Hall–Kier alpha value is -1.18. The molecule has 2 rings (SSSR count). The summed E-state index contributed by atoms with van der Waals surface area (Å²) in [5, 5.41) is 4.93. The molecule has 0 spiro atoms. The number of thiophene rings is 1. The average molecular weight is 325 g/mol. The first kappa shape index (κ1) is 16.2. The first-order chi connectivity index (χ1) is 10.2. The van der Waals surface area contributed by atoms with Gasteiger partial charge in [-0.3, -0.25) is 4.79 Å². The van der Waals surface area contributed by atoms with Crippen molar-refractivity contribution in [1.29, 1.82) is 0 Å². The van der Waals surface area contributed by atoms with Crippen LogP contribution < -0.4 is 5.32 Å². The van der Waals surface area contributed by atoms with Gasteiger partial charge in [0.15, 0.2) is 0 Å². The number of hydrogen-bond donors (Lipinski definition) is 1. The molecular formula is C14H19N3O2S2. The lowest BCUT2D eigenvalue weighted by molar-refractivity contribution is -0.120. The van der Waals surface area contributed by atoms with Crippen LogP contribution in [0, 0.1) is 6.92 Å². The summed E-state index contributed by atoms with van der Waals surface area (Å²) >= 11 is 3.27. The van der Waals surface area contributed by atoms with E-state index in [4.69, 9.17) is 4.74 Å². The van der Waals surface area contributed by atoms with E-state index in [1.807, 2.05) is 0 Å². The summed E-state index contributed by atoms with van der Waals surface area (Å²) in [7, 11) is 1.66. The number of rotatable bonds is 8. The van der Waals surface area contributed by atoms with Crippen LogP contribution in [0.25, 0.3) is 10.2 Å². The Balaban J connectivity index is 1.78. The second-order valence-corrected chi connectivity index (χ2v) is 6.87. The molecule has 1 N–H and O–H groups in total. The normalized spacial score (nSPS) is 11.0. The zero-order valence-electron chi connectivity index (χ0n) is 12.2. The molecule has 2 aromatic heterocycles.